The predicted octanol–water partition coefficient (Wildman–Crippen LogP) is 1.89. The summed E-state index contributed by atoms with van der Waals surface area (Å²) < 4.78 is 1.85. The number of guanidine groups is 1. The molecule has 0 aliphatic heterocycles. The molecule has 0 amide bonds. The van der Waals surface area contributed by atoms with E-state index in [2.05, 4.69) is 62.1 Å². The molecule has 7 heteroatoms. The molecule has 0 fully saturated rings. The molecule has 0 bridgehead atoms. The molecule has 0 atom stereocenters. The van der Waals surface area contributed by atoms with E-state index in [-0.39, 0.29) is 0 Å². The maximum atomic E-state index is 4.55. The second-order valence-electron chi connectivity index (χ2n) is 5.57. The smallest absolute Gasteiger partial charge is 0.191 e. The van der Waals surface area contributed by atoms with Gasteiger partial charge in [0.15, 0.2) is 5.96 Å². The minimum Gasteiger partial charge on any atom is -0.357 e. The van der Waals surface area contributed by atoms with Crippen molar-refractivity contribution in [1.29, 1.82) is 0 Å². The van der Waals surface area contributed by atoms with E-state index >= 15 is 0 Å². The van der Waals surface area contributed by atoms with E-state index < -0.39 is 0 Å². The van der Waals surface area contributed by atoms with Crippen molar-refractivity contribution in [2.75, 3.05) is 13.1 Å². The van der Waals surface area contributed by atoms with Crippen LogP contribution in [-0.2, 0) is 13.0 Å². The quantitative estimate of drug-likeness (QED) is 0.454. The van der Waals surface area contributed by atoms with Crippen LogP contribution in [0.5, 0.6) is 0 Å². The molecule has 25 heavy (non-hydrogen) atoms. The highest BCUT2D eigenvalue weighted by atomic mass is 15.3. The first-order valence-electron chi connectivity index (χ1n) is 8.44. The van der Waals surface area contributed by atoms with Crippen LogP contribution >= 0.6 is 0 Å². The number of hydrogen-bond acceptors (Lipinski definition) is 3. The van der Waals surface area contributed by atoms with Gasteiger partial charge in [-0.15, -0.1) is 0 Å². The largest absolute Gasteiger partial charge is 0.357 e. The number of aromatic nitrogens is 4. The van der Waals surface area contributed by atoms with Crippen molar-refractivity contribution in [3.63, 3.8) is 0 Å². The summed E-state index contributed by atoms with van der Waals surface area (Å²) in [5.41, 5.74) is 3.33. The van der Waals surface area contributed by atoms with Crippen LogP contribution in [0.2, 0.25) is 0 Å². The van der Waals surface area contributed by atoms with Crippen molar-refractivity contribution >= 4 is 5.96 Å². The highest BCUT2D eigenvalue weighted by molar-refractivity contribution is 5.79. The Hall–Kier alpha value is -3.09. The molecule has 0 aliphatic carbocycles. The Morgan fingerprint density at radius 1 is 1.16 bits per heavy atom. The molecule has 0 aliphatic rings. The van der Waals surface area contributed by atoms with Gasteiger partial charge in [0, 0.05) is 31.7 Å². The molecular formula is C18H23N7. The van der Waals surface area contributed by atoms with Crippen molar-refractivity contribution in [2.45, 2.75) is 19.9 Å². The Morgan fingerprint density at radius 2 is 2.04 bits per heavy atom. The van der Waals surface area contributed by atoms with Crippen molar-refractivity contribution in [2.24, 2.45) is 4.99 Å². The number of nitrogens with zero attached hydrogens (tertiary/aromatic N) is 4. The van der Waals surface area contributed by atoms with Crippen LogP contribution in [0.15, 0.2) is 60.0 Å². The molecule has 0 saturated carbocycles. The molecule has 3 rings (SSSR count). The molecule has 2 aromatic heterocycles. The van der Waals surface area contributed by atoms with E-state index in [0.29, 0.717) is 6.54 Å². The van der Waals surface area contributed by atoms with Crippen LogP contribution in [0, 0.1) is 0 Å². The minimum absolute atomic E-state index is 0.577. The Bertz CT molecular complexity index is 758. The molecule has 0 spiro atoms. The minimum atomic E-state index is 0.577. The summed E-state index contributed by atoms with van der Waals surface area (Å²) in [5.74, 6) is 0.810. The van der Waals surface area contributed by atoms with E-state index in [0.717, 1.165) is 36.9 Å². The Kier molecular flexibility index (Phi) is 5.82. The first kappa shape index (κ1) is 16.8. The standard InChI is InChI=1S/C18H23N7/c1-2-19-18(21-14-16-9-12-22-24-16)20-11-8-15-4-6-17(7-5-15)25-13-3-10-23-25/h3-7,9-10,12-13H,2,8,11,14H2,1H3,(H,22,24)(H2,19,20,21). The van der Waals surface area contributed by atoms with Gasteiger partial charge < -0.3 is 10.6 Å². The summed E-state index contributed by atoms with van der Waals surface area (Å²) >= 11 is 0. The van der Waals surface area contributed by atoms with E-state index in [1.54, 1.807) is 12.4 Å². The third-order valence-electron chi connectivity index (χ3n) is 3.72. The first-order chi connectivity index (χ1) is 12.3. The van der Waals surface area contributed by atoms with Gasteiger partial charge in [0.25, 0.3) is 0 Å². The maximum Gasteiger partial charge on any atom is 0.191 e. The topological polar surface area (TPSA) is 82.9 Å². The van der Waals surface area contributed by atoms with E-state index in [4.69, 9.17) is 0 Å². The van der Waals surface area contributed by atoms with Crippen LogP contribution in [-0.4, -0.2) is 39.0 Å². The average molecular weight is 337 g/mol. The Balaban J connectivity index is 1.50. The highest BCUT2D eigenvalue weighted by Gasteiger charge is 2.00. The zero-order chi connectivity index (χ0) is 17.3. The van der Waals surface area contributed by atoms with Crippen molar-refractivity contribution in [3.8, 4) is 5.69 Å². The van der Waals surface area contributed by atoms with Gasteiger partial charge in [-0.25, -0.2) is 9.67 Å². The van der Waals surface area contributed by atoms with Gasteiger partial charge in [-0.1, -0.05) is 12.1 Å². The van der Waals surface area contributed by atoms with Gasteiger partial charge in [-0.2, -0.15) is 10.2 Å². The number of H-pyrrole nitrogens is 1. The Labute approximate surface area is 147 Å². The fraction of sp³-hybridized carbons (Fsp3) is 0.278. The summed E-state index contributed by atoms with van der Waals surface area (Å²) in [7, 11) is 0. The monoisotopic (exact) mass is 337 g/mol. The second-order valence-corrected chi connectivity index (χ2v) is 5.57. The van der Waals surface area contributed by atoms with Crippen LogP contribution in [0.25, 0.3) is 5.69 Å². The van der Waals surface area contributed by atoms with E-state index in [1.165, 1.54) is 5.56 Å². The SMILES string of the molecule is CCNC(=NCc1ccn[nH]1)NCCc1ccc(-n2cccn2)cc1. The Morgan fingerprint density at radius 3 is 2.72 bits per heavy atom. The van der Waals surface area contributed by atoms with Crippen LogP contribution in [0.1, 0.15) is 18.2 Å². The van der Waals surface area contributed by atoms with E-state index in [1.807, 2.05) is 23.0 Å². The molecule has 0 unspecified atom stereocenters. The molecule has 1 aromatic carbocycles. The zero-order valence-corrected chi connectivity index (χ0v) is 14.3. The third-order valence-corrected chi connectivity index (χ3v) is 3.72. The molecule has 3 aromatic rings. The maximum absolute atomic E-state index is 4.55. The van der Waals surface area contributed by atoms with Crippen molar-refractivity contribution < 1.29 is 0 Å². The lowest BCUT2D eigenvalue weighted by Gasteiger charge is -2.11. The zero-order valence-electron chi connectivity index (χ0n) is 14.3. The van der Waals surface area contributed by atoms with Crippen LogP contribution < -0.4 is 10.6 Å². The van der Waals surface area contributed by atoms with Crippen LogP contribution in [0.4, 0.5) is 0 Å². The molecule has 0 radical (unpaired) electrons. The predicted molar refractivity (Wildman–Crippen MR) is 98.7 cm³/mol. The van der Waals surface area contributed by atoms with Gasteiger partial charge in [0.2, 0.25) is 0 Å². The molecule has 130 valence electrons. The van der Waals surface area contributed by atoms with Gasteiger partial charge in [-0.05, 0) is 43.2 Å². The number of aromatic amines is 1. The number of nitrogens with one attached hydrogen (secondary N) is 3. The van der Waals surface area contributed by atoms with Gasteiger partial charge in [0.1, 0.15) is 0 Å². The average Bonchev–Trinajstić information content (AvgIpc) is 3.34. The normalized spacial score (nSPS) is 11.5. The molecule has 3 N–H and O–H groups in total. The second kappa shape index (κ2) is 8.68. The van der Waals surface area contributed by atoms with Crippen molar-refractivity contribution in [3.05, 3.63) is 66.2 Å². The fourth-order valence-corrected chi connectivity index (χ4v) is 2.44. The van der Waals surface area contributed by atoms with E-state index in [9.17, 15) is 0 Å². The molecule has 0 saturated heterocycles. The van der Waals surface area contributed by atoms with Crippen LogP contribution in [0.3, 0.4) is 0 Å². The lowest BCUT2D eigenvalue weighted by Crippen LogP contribution is -2.38. The molecule has 2 heterocycles. The number of rotatable bonds is 7. The number of aliphatic imine (C=N–C) groups is 1. The van der Waals surface area contributed by atoms with Gasteiger partial charge in [-0.3, -0.25) is 5.10 Å². The lowest BCUT2D eigenvalue weighted by atomic mass is 10.1. The molecule has 7 nitrogen and oxygen atoms in total. The highest BCUT2D eigenvalue weighted by Crippen LogP contribution is 2.08. The number of benzene rings is 1. The summed E-state index contributed by atoms with van der Waals surface area (Å²) in [5, 5.41) is 17.7. The third kappa shape index (κ3) is 4.94. The summed E-state index contributed by atoms with van der Waals surface area (Å²) in [6, 6.07) is 12.3. The van der Waals surface area contributed by atoms with Crippen molar-refractivity contribution in [1.82, 2.24) is 30.6 Å². The summed E-state index contributed by atoms with van der Waals surface area (Å²) in [6.07, 6.45) is 6.38. The fourth-order valence-electron chi connectivity index (χ4n) is 2.44. The first-order valence-corrected chi connectivity index (χ1v) is 8.44. The number of hydrogen-bond donors (Lipinski definition) is 3. The summed E-state index contributed by atoms with van der Waals surface area (Å²) in [4.78, 5) is 4.55. The lowest BCUT2D eigenvalue weighted by molar-refractivity contribution is 0.795. The van der Waals surface area contributed by atoms with Gasteiger partial charge in [0.05, 0.1) is 17.9 Å². The molecular weight excluding hydrogens is 314 g/mol. The summed E-state index contributed by atoms with van der Waals surface area (Å²) in [6.45, 7) is 4.28. The van der Waals surface area contributed by atoms with Gasteiger partial charge >= 0.3 is 0 Å².